The van der Waals surface area contributed by atoms with Crippen LogP contribution in [0, 0.1) is 13.8 Å². The maximum atomic E-state index is 6.23. The van der Waals surface area contributed by atoms with Gasteiger partial charge in [-0.25, -0.2) is 9.97 Å². The van der Waals surface area contributed by atoms with E-state index in [-0.39, 0.29) is 0 Å². The molecule has 1 aromatic carbocycles. The fraction of sp³-hybridized carbons (Fsp3) is 0.333. The van der Waals surface area contributed by atoms with Gasteiger partial charge in [-0.1, -0.05) is 29.8 Å². The summed E-state index contributed by atoms with van der Waals surface area (Å²) in [5, 5.41) is 0.507. The van der Waals surface area contributed by atoms with Crippen LogP contribution in [0.2, 0.25) is 5.15 Å². The lowest BCUT2D eigenvalue weighted by Crippen LogP contribution is -1.99. The van der Waals surface area contributed by atoms with Crippen molar-refractivity contribution in [1.82, 2.24) is 9.97 Å². The Morgan fingerprint density at radius 1 is 1.21 bits per heavy atom. The number of halogens is 2. The molecule has 0 unspecified atom stereocenters. The lowest BCUT2D eigenvalue weighted by molar-refractivity contribution is 0.978. The maximum absolute atomic E-state index is 6.23. The van der Waals surface area contributed by atoms with Gasteiger partial charge < -0.3 is 0 Å². The first-order chi connectivity index (χ1) is 9.08. The van der Waals surface area contributed by atoms with Crippen LogP contribution >= 0.6 is 27.5 Å². The van der Waals surface area contributed by atoms with Crippen molar-refractivity contribution in [3.05, 3.63) is 44.6 Å². The fourth-order valence-corrected chi connectivity index (χ4v) is 2.85. The zero-order valence-electron chi connectivity index (χ0n) is 10.9. The van der Waals surface area contributed by atoms with E-state index >= 15 is 0 Å². The summed E-state index contributed by atoms with van der Waals surface area (Å²) >= 11 is 9.74. The number of rotatable bonds is 2. The molecule has 1 heterocycles. The number of nitrogens with zero attached hydrogens (tertiary/aromatic N) is 2. The summed E-state index contributed by atoms with van der Waals surface area (Å²) in [6.45, 7) is 4.20. The van der Waals surface area contributed by atoms with E-state index < -0.39 is 0 Å². The molecule has 2 aromatic rings. The van der Waals surface area contributed by atoms with Crippen molar-refractivity contribution in [3.63, 3.8) is 0 Å². The molecule has 3 rings (SSSR count). The van der Waals surface area contributed by atoms with Crippen LogP contribution in [-0.2, 0) is 0 Å². The Kier molecular flexibility index (Phi) is 3.35. The van der Waals surface area contributed by atoms with Gasteiger partial charge in [0.2, 0.25) is 0 Å². The van der Waals surface area contributed by atoms with Crippen molar-refractivity contribution in [2.75, 3.05) is 0 Å². The molecule has 1 aliphatic rings. The van der Waals surface area contributed by atoms with Crippen LogP contribution in [0.15, 0.2) is 22.7 Å². The second-order valence-corrected chi connectivity index (χ2v) is 6.21. The summed E-state index contributed by atoms with van der Waals surface area (Å²) < 4.78 is 0.853. The molecule has 0 radical (unpaired) electrons. The van der Waals surface area contributed by atoms with Crippen molar-refractivity contribution >= 4 is 27.5 Å². The highest BCUT2D eigenvalue weighted by atomic mass is 79.9. The van der Waals surface area contributed by atoms with Gasteiger partial charge in [0.05, 0.1) is 10.2 Å². The number of aryl methyl sites for hydroxylation is 1. The molecule has 0 atom stereocenters. The lowest BCUT2D eigenvalue weighted by Gasteiger charge is -2.10. The molecule has 0 saturated heterocycles. The number of aromatic nitrogens is 2. The largest absolute Gasteiger partial charge is 0.231 e. The number of hydrogen-bond acceptors (Lipinski definition) is 2. The molecule has 0 spiro atoms. The highest BCUT2D eigenvalue weighted by molar-refractivity contribution is 9.10. The Labute approximate surface area is 126 Å². The predicted molar refractivity (Wildman–Crippen MR) is 81.6 cm³/mol. The summed E-state index contributed by atoms with van der Waals surface area (Å²) in [4.78, 5) is 9.15. The predicted octanol–water partition coefficient (Wildman–Crippen LogP) is 5.05. The minimum atomic E-state index is 0.507. The van der Waals surface area contributed by atoms with Crippen LogP contribution in [0.25, 0.3) is 11.4 Å². The summed E-state index contributed by atoms with van der Waals surface area (Å²) in [7, 11) is 0. The fourth-order valence-electron chi connectivity index (χ4n) is 2.18. The lowest BCUT2D eigenvalue weighted by atomic mass is 10.0. The first kappa shape index (κ1) is 13.1. The van der Waals surface area contributed by atoms with Gasteiger partial charge in [-0.05, 0) is 53.7 Å². The standard InChI is InChI=1S/C15H14BrClN2/c1-8-4-3-5-11(9(8)2)15-18-13(10-6-7-10)12(16)14(17)19-15/h3-5,10H,6-7H2,1-2H3. The summed E-state index contributed by atoms with van der Waals surface area (Å²) in [5.74, 6) is 1.27. The smallest absolute Gasteiger partial charge is 0.161 e. The minimum absolute atomic E-state index is 0.507. The highest BCUT2D eigenvalue weighted by Gasteiger charge is 2.29. The average Bonchev–Trinajstić information content (AvgIpc) is 3.20. The SMILES string of the molecule is Cc1cccc(-c2nc(Cl)c(Br)c(C3CC3)n2)c1C. The quantitative estimate of drug-likeness (QED) is 0.716. The molecule has 0 bridgehead atoms. The molecule has 2 nitrogen and oxygen atoms in total. The van der Waals surface area contributed by atoms with E-state index in [0.29, 0.717) is 11.1 Å². The van der Waals surface area contributed by atoms with E-state index in [1.54, 1.807) is 0 Å². The van der Waals surface area contributed by atoms with Gasteiger partial charge in [0.25, 0.3) is 0 Å². The molecule has 19 heavy (non-hydrogen) atoms. The van der Waals surface area contributed by atoms with E-state index in [1.807, 2.05) is 6.07 Å². The molecule has 0 amide bonds. The van der Waals surface area contributed by atoms with Gasteiger partial charge in [0.1, 0.15) is 5.15 Å². The third kappa shape index (κ3) is 2.41. The van der Waals surface area contributed by atoms with E-state index in [4.69, 9.17) is 16.6 Å². The van der Waals surface area contributed by atoms with Crippen molar-refractivity contribution in [1.29, 1.82) is 0 Å². The van der Waals surface area contributed by atoms with Crippen molar-refractivity contribution < 1.29 is 0 Å². The first-order valence-corrected chi connectivity index (χ1v) is 7.54. The average molecular weight is 338 g/mol. The highest BCUT2D eigenvalue weighted by Crippen LogP contribution is 2.44. The summed E-state index contributed by atoms with van der Waals surface area (Å²) in [6.07, 6.45) is 2.39. The second-order valence-electron chi connectivity index (χ2n) is 5.06. The Morgan fingerprint density at radius 3 is 2.63 bits per heavy atom. The second kappa shape index (κ2) is 4.88. The molecule has 0 aliphatic heterocycles. The van der Waals surface area contributed by atoms with Crippen LogP contribution in [0.5, 0.6) is 0 Å². The van der Waals surface area contributed by atoms with Crippen molar-refractivity contribution in [2.45, 2.75) is 32.6 Å². The van der Waals surface area contributed by atoms with E-state index in [9.17, 15) is 0 Å². The minimum Gasteiger partial charge on any atom is -0.231 e. The summed E-state index contributed by atoms with van der Waals surface area (Å²) in [5.41, 5.74) is 4.57. The number of hydrogen-bond donors (Lipinski definition) is 0. The van der Waals surface area contributed by atoms with Crippen molar-refractivity contribution in [3.8, 4) is 11.4 Å². The van der Waals surface area contributed by atoms with E-state index in [0.717, 1.165) is 21.6 Å². The molecular formula is C15H14BrClN2. The molecular weight excluding hydrogens is 324 g/mol. The van der Waals surface area contributed by atoms with E-state index in [2.05, 4.69) is 46.9 Å². The Bertz CT molecular complexity index is 651. The van der Waals surface area contributed by atoms with Gasteiger partial charge in [-0.2, -0.15) is 0 Å². The number of benzene rings is 1. The van der Waals surface area contributed by atoms with Gasteiger partial charge >= 0.3 is 0 Å². The zero-order valence-corrected chi connectivity index (χ0v) is 13.2. The molecule has 98 valence electrons. The van der Waals surface area contributed by atoms with E-state index in [1.165, 1.54) is 24.0 Å². The van der Waals surface area contributed by atoms with Crippen LogP contribution in [-0.4, -0.2) is 9.97 Å². The molecule has 1 saturated carbocycles. The van der Waals surface area contributed by atoms with Gasteiger partial charge in [0.15, 0.2) is 5.82 Å². The molecule has 0 N–H and O–H groups in total. The Hall–Kier alpha value is -0.930. The van der Waals surface area contributed by atoms with Crippen molar-refractivity contribution in [2.24, 2.45) is 0 Å². The molecule has 4 heteroatoms. The normalized spacial score (nSPS) is 14.7. The zero-order chi connectivity index (χ0) is 13.6. The third-order valence-electron chi connectivity index (χ3n) is 3.65. The maximum Gasteiger partial charge on any atom is 0.161 e. The van der Waals surface area contributed by atoms with Gasteiger partial charge in [0, 0.05) is 11.5 Å². The third-order valence-corrected chi connectivity index (χ3v) is 4.93. The van der Waals surface area contributed by atoms with Crippen LogP contribution < -0.4 is 0 Å². The first-order valence-electron chi connectivity index (χ1n) is 6.37. The Balaban J connectivity index is 2.17. The summed E-state index contributed by atoms with van der Waals surface area (Å²) in [6, 6.07) is 6.19. The van der Waals surface area contributed by atoms with Crippen LogP contribution in [0.4, 0.5) is 0 Å². The Morgan fingerprint density at radius 2 is 1.95 bits per heavy atom. The van der Waals surface area contributed by atoms with Crippen LogP contribution in [0.1, 0.15) is 35.6 Å². The van der Waals surface area contributed by atoms with Gasteiger partial charge in [-0.15, -0.1) is 0 Å². The van der Waals surface area contributed by atoms with Gasteiger partial charge in [-0.3, -0.25) is 0 Å². The van der Waals surface area contributed by atoms with Crippen LogP contribution in [0.3, 0.4) is 0 Å². The monoisotopic (exact) mass is 336 g/mol. The molecule has 1 aliphatic carbocycles. The molecule has 1 fully saturated rings. The topological polar surface area (TPSA) is 25.8 Å². The molecule has 1 aromatic heterocycles.